The zero-order chi connectivity index (χ0) is 61.8. The van der Waals surface area contributed by atoms with Crippen molar-refractivity contribution < 1.29 is 77.8 Å². The predicted molar refractivity (Wildman–Crippen MR) is 326 cm³/mol. The minimum absolute atomic E-state index is 0.00794. The van der Waals surface area contributed by atoms with Crippen molar-refractivity contribution in [1.82, 2.24) is 9.80 Å². The molecule has 84 heavy (non-hydrogen) atoms. The Labute approximate surface area is 504 Å². The standard InChI is InChI=1S/C64H100ClN2O16P/c1-14-52-64(10,74)57(70)46(6)67(53(68)30-31-76-32-33-77-34-35-78-36-37-84(65,48-24-18-15-19-25-48,49-26-20-16-21-27-49)50-28-22-17-23-29-50)41-42(2)39-62(8,73)59(83-61-55(69)51(66(11)12)38-43(3)79-61)44(4)56(45(5)60(72)81-52)82-54-40-63(9,75-13)58(71)47(7)80-54/h15-29,42-47,51-52,54-59,61,69-71,73-74H,14,30-41H2,1-13H3/t42-,43-,44+,45-,46-,47+,51+,52-,54+,55-,56+,57-,58+,59-,61+,62-,63-,64-/m1/s1. The zero-order valence-corrected chi connectivity index (χ0v) is 53.6. The van der Waals surface area contributed by atoms with E-state index < -0.39 is 108 Å². The molecule has 18 nitrogen and oxygen atoms in total. The molecule has 18 atom stereocenters. The Kier molecular flexibility index (Phi) is 25.2. The summed E-state index contributed by atoms with van der Waals surface area (Å²) in [5.41, 5.74) is -4.94. The molecule has 5 N–H and O–H groups in total. The number of benzene rings is 3. The Hall–Kier alpha value is -3.24. The molecule has 0 aliphatic carbocycles. The van der Waals surface area contributed by atoms with Gasteiger partial charge in [0.25, 0.3) is 0 Å². The number of aliphatic hydroxyl groups is 5. The van der Waals surface area contributed by atoms with Crippen LogP contribution >= 0.6 is 17.2 Å². The van der Waals surface area contributed by atoms with Crippen LogP contribution < -0.4 is 15.9 Å². The van der Waals surface area contributed by atoms with Crippen LogP contribution in [0.25, 0.3) is 0 Å². The molecule has 0 aromatic heterocycles. The molecule has 0 saturated carbocycles. The number of likely N-dealkylation sites (N-methyl/N-ethyl adjacent to an activating group) is 1. The number of cyclic esters (lactones) is 1. The van der Waals surface area contributed by atoms with Crippen molar-refractivity contribution in [2.75, 3.05) is 73.6 Å². The van der Waals surface area contributed by atoms with E-state index in [1.54, 1.807) is 48.5 Å². The maximum Gasteiger partial charge on any atom is 0.126 e. The molecule has 3 saturated heterocycles. The minimum atomic E-state index is -3.48. The summed E-state index contributed by atoms with van der Waals surface area (Å²) in [6.07, 6.45) is -9.54. The normalized spacial score (nSPS) is 35.6. The number of carbonyl (C=O) groups is 2. The largest absolute Gasteiger partial charge is 0.388 e. The second-order valence-corrected chi connectivity index (χ2v) is 31.4. The van der Waals surface area contributed by atoms with E-state index >= 15 is 0 Å². The second kappa shape index (κ2) is 30.3. The van der Waals surface area contributed by atoms with Gasteiger partial charge in [-0.05, 0) is 87.7 Å². The van der Waals surface area contributed by atoms with Crippen molar-refractivity contribution in [3.05, 3.63) is 91.0 Å². The zero-order valence-electron chi connectivity index (χ0n) is 52.0. The summed E-state index contributed by atoms with van der Waals surface area (Å²) in [6, 6.07) is 29.4. The first-order valence-electron chi connectivity index (χ1n) is 30.1. The van der Waals surface area contributed by atoms with Crippen LogP contribution in [0.15, 0.2) is 91.0 Å². The van der Waals surface area contributed by atoms with E-state index in [1.165, 1.54) is 18.9 Å². The number of aliphatic hydroxyl groups excluding tert-OH is 3. The van der Waals surface area contributed by atoms with Crippen molar-refractivity contribution in [1.29, 1.82) is 0 Å². The van der Waals surface area contributed by atoms with E-state index in [1.807, 2.05) is 87.4 Å². The Bertz CT molecular complexity index is 2390. The number of hydrogen-bond acceptors (Lipinski definition) is 17. The number of carbonyl (C=O) groups excluding carboxylic acids is 2. The van der Waals surface area contributed by atoms with Gasteiger partial charge < -0.3 is 63.8 Å². The van der Waals surface area contributed by atoms with E-state index in [0.717, 1.165) is 15.9 Å². The summed E-state index contributed by atoms with van der Waals surface area (Å²) in [4.78, 5) is 32.6. The fourth-order valence-electron chi connectivity index (χ4n) is 13.0. The first kappa shape index (κ1) is 69.9. The summed E-state index contributed by atoms with van der Waals surface area (Å²) in [7, 11) is 5.21. The summed E-state index contributed by atoms with van der Waals surface area (Å²) in [5.74, 6) is -7.14. The second-order valence-electron chi connectivity index (χ2n) is 24.8. The van der Waals surface area contributed by atoms with Gasteiger partial charge in [0.1, 0.15) is 30.0 Å². The number of hydrogen-bond donors (Lipinski definition) is 5. The van der Waals surface area contributed by atoms with E-state index in [9.17, 15) is 35.1 Å². The number of nitrogens with zero attached hydrogens (tertiary/aromatic N) is 2. The molecule has 0 spiro atoms. The topological polar surface area (TPSA) is 225 Å². The van der Waals surface area contributed by atoms with Crippen LogP contribution in [-0.4, -0.2) is 211 Å². The van der Waals surface area contributed by atoms with Crippen LogP contribution in [-0.2, 0) is 52.2 Å². The first-order valence-corrected chi connectivity index (χ1v) is 33.4. The number of esters is 1. The molecule has 20 heteroatoms. The van der Waals surface area contributed by atoms with Gasteiger partial charge in [0.05, 0.1) is 47.6 Å². The minimum Gasteiger partial charge on any atom is -0.388 e. The van der Waals surface area contributed by atoms with Crippen LogP contribution in [0, 0.1) is 17.8 Å². The van der Waals surface area contributed by atoms with Crippen LogP contribution in [0.2, 0.25) is 0 Å². The van der Waals surface area contributed by atoms with E-state index in [4.69, 9.17) is 53.9 Å². The monoisotopic (exact) mass is 1220 g/mol. The Morgan fingerprint density at radius 2 is 1.27 bits per heavy atom. The molecule has 6 rings (SSSR count). The Morgan fingerprint density at radius 1 is 0.750 bits per heavy atom. The van der Waals surface area contributed by atoms with E-state index in [-0.39, 0.29) is 70.1 Å². The number of ether oxygens (including phenoxy) is 9. The van der Waals surface area contributed by atoms with Crippen molar-refractivity contribution in [3.63, 3.8) is 0 Å². The molecule has 0 unspecified atom stereocenters. The Morgan fingerprint density at radius 3 is 1.79 bits per heavy atom. The van der Waals surface area contributed by atoms with Gasteiger partial charge in [0.15, 0.2) is 12.6 Å². The smallest absolute Gasteiger partial charge is 0.126 e. The fourth-order valence-corrected chi connectivity index (χ4v) is 18.7. The molecule has 3 aromatic rings. The van der Waals surface area contributed by atoms with Crippen LogP contribution in [0.4, 0.5) is 0 Å². The van der Waals surface area contributed by atoms with Crippen LogP contribution in [0.5, 0.6) is 0 Å². The molecule has 3 aromatic carbocycles. The predicted octanol–water partition coefficient (Wildman–Crippen LogP) is 5.92. The SMILES string of the molecule is CC[C@H]1OC(=O)[C@H](C)[C@@H](O[C@H]2C[C@@](C)(OC)[C@@H](O)[C@H](C)O2)[C@H](C)[C@@H](O[C@@H]2O[C@H](C)C[C@H](N(C)C)[C@H]2O)[C@](C)(O)C[C@@H](C)CN(C(=O)CCOCCOCCOCCP(Cl)(c2ccccc2)(c2ccccc2)c2ccccc2)[C@H](C)[C@@H](O)[C@]1(C)O. The van der Waals surface area contributed by atoms with Crippen molar-refractivity contribution in [2.45, 2.75) is 192 Å². The third-order valence-corrected chi connectivity index (χ3v) is 25.4. The molecular weight excluding hydrogens is 1120 g/mol. The maximum absolute atomic E-state index is 14.7. The van der Waals surface area contributed by atoms with Crippen molar-refractivity contribution >= 4 is 45.0 Å². The molecule has 3 aliphatic rings. The van der Waals surface area contributed by atoms with E-state index in [0.29, 0.717) is 32.4 Å². The molecular formula is C64H100ClN2O16P. The van der Waals surface area contributed by atoms with Gasteiger partial charge in [-0.15, -0.1) is 0 Å². The summed E-state index contributed by atoms with van der Waals surface area (Å²) in [6.45, 7) is 18.4. The third-order valence-electron chi connectivity index (χ3n) is 18.0. The average Bonchev–Trinajstić information content (AvgIpc) is 0.787. The molecule has 0 bridgehead atoms. The van der Waals surface area contributed by atoms with Gasteiger partial charge in [-0.3, -0.25) is 9.59 Å². The van der Waals surface area contributed by atoms with Gasteiger partial charge in [-0.25, -0.2) is 0 Å². The average molecular weight is 1220 g/mol. The molecule has 3 heterocycles. The quantitative estimate of drug-likeness (QED) is 0.0447. The van der Waals surface area contributed by atoms with Gasteiger partial charge in [0.2, 0.25) is 0 Å². The molecule has 0 radical (unpaired) electrons. The molecule has 1 amide bonds. The first-order chi connectivity index (χ1) is 39.6. The van der Waals surface area contributed by atoms with Gasteiger partial charge in [0, 0.05) is 32.0 Å². The molecule has 3 fully saturated rings. The summed E-state index contributed by atoms with van der Waals surface area (Å²) in [5, 5.41) is 63.6. The summed E-state index contributed by atoms with van der Waals surface area (Å²) >= 11 is 8.18. The van der Waals surface area contributed by atoms with Gasteiger partial charge >= 0.3 is 202 Å². The van der Waals surface area contributed by atoms with Crippen molar-refractivity contribution in [2.24, 2.45) is 17.8 Å². The Balaban J connectivity index is 1.16. The van der Waals surface area contributed by atoms with Crippen molar-refractivity contribution in [3.8, 4) is 0 Å². The summed E-state index contributed by atoms with van der Waals surface area (Å²) < 4.78 is 56.2. The number of amides is 1. The number of rotatable bonds is 22. The molecule has 3 aliphatic heterocycles. The number of methoxy groups -OCH3 is 1. The molecule has 474 valence electrons. The van der Waals surface area contributed by atoms with Crippen LogP contribution in [0.1, 0.15) is 101 Å². The third kappa shape index (κ3) is 16.1. The van der Waals surface area contributed by atoms with Gasteiger partial charge in [-0.2, -0.15) is 0 Å². The number of halogens is 1. The fraction of sp³-hybridized carbons (Fsp3) is 0.688. The van der Waals surface area contributed by atoms with Crippen LogP contribution in [0.3, 0.4) is 0 Å². The van der Waals surface area contributed by atoms with Gasteiger partial charge in [-0.1, -0.05) is 20.8 Å². The maximum atomic E-state index is 14.7. The van der Waals surface area contributed by atoms with E-state index in [2.05, 4.69) is 36.4 Å².